The molecule has 0 aromatic rings. The van der Waals surface area contributed by atoms with Crippen LogP contribution in [0.5, 0.6) is 0 Å². The van der Waals surface area contributed by atoms with Crippen molar-refractivity contribution in [1.29, 1.82) is 10.8 Å². The average molecular weight is 140 g/mol. The lowest BCUT2D eigenvalue weighted by Crippen LogP contribution is -2.19. The number of hydrogen-bond donors (Lipinski definition) is 3. The third kappa shape index (κ3) is 3.65. The topological polar surface area (TPSA) is 77.0 Å². The summed E-state index contributed by atoms with van der Waals surface area (Å²) in [6.07, 6.45) is 2.85. The Morgan fingerprint density at radius 2 is 1.80 bits per heavy atom. The molecular formula is C6H12N4. The molecule has 56 valence electrons. The van der Waals surface area contributed by atoms with E-state index in [0.29, 0.717) is 5.84 Å². The molecule has 4 nitrogen and oxygen atoms in total. The molecule has 0 aromatic heterocycles. The Hall–Kier alpha value is -1.32. The van der Waals surface area contributed by atoms with Crippen molar-refractivity contribution in [3.05, 3.63) is 12.2 Å². The fourth-order valence-corrected chi connectivity index (χ4v) is 0.318. The van der Waals surface area contributed by atoms with E-state index in [1.165, 1.54) is 12.2 Å². The predicted molar refractivity (Wildman–Crippen MR) is 42.5 cm³/mol. The standard InChI is InChI=1S/C6H12N4/c1-10(2)6(9)4-3-5(7)8/h3-4,9H,1-2H3,(H3,7,8)/b4-3-,9-6?. The van der Waals surface area contributed by atoms with E-state index in [1.807, 2.05) is 0 Å². The lowest BCUT2D eigenvalue weighted by molar-refractivity contribution is 0.622. The fourth-order valence-electron chi connectivity index (χ4n) is 0.318. The highest BCUT2D eigenvalue weighted by molar-refractivity contribution is 5.98. The first-order valence-electron chi connectivity index (χ1n) is 2.82. The van der Waals surface area contributed by atoms with Crippen molar-refractivity contribution in [2.24, 2.45) is 5.73 Å². The fraction of sp³-hybridized carbons (Fsp3) is 0.333. The number of nitrogens with two attached hydrogens (primary N) is 1. The lowest BCUT2D eigenvalue weighted by Gasteiger charge is -2.08. The van der Waals surface area contributed by atoms with Gasteiger partial charge in [0.1, 0.15) is 11.7 Å². The molecule has 0 saturated heterocycles. The van der Waals surface area contributed by atoms with E-state index in [0.717, 1.165) is 0 Å². The van der Waals surface area contributed by atoms with Crippen LogP contribution in [0.2, 0.25) is 0 Å². The Morgan fingerprint density at radius 1 is 1.30 bits per heavy atom. The number of amidine groups is 2. The molecule has 0 fully saturated rings. The van der Waals surface area contributed by atoms with E-state index < -0.39 is 0 Å². The molecule has 0 amide bonds. The number of nitrogens with zero attached hydrogens (tertiary/aromatic N) is 1. The minimum Gasteiger partial charge on any atom is -0.384 e. The molecule has 0 aliphatic heterocycles. The Labute approximate surface area is 60.3 Å². The second kappa shape index (κ2) is 3.66. The highest BCUT2D eigenvalue weighted by Gasteiger charge is 1.90. The molecule has 0 aliphatic carbocycles. The van der Waals surface area contributed by atoms with Gasteiger partial charge in [-0.1, -0.05) is 0 Å². The van der Waals surface area contributed by atoms with Crippen molar-refractivity contribution in [1.82, 2.24) is 4.90 Å². The van der Waals surface area contributed by atoms with Crippen molar-refractivity contribution in [3.8, 4) is 0 Å². The number of nitrogens with one attached hydrogen (secondary N) is 2. The molecule has 0 unspecified atom stereocenters. The maximum absolute atomic E-state index is 7.22. The van der Waals surface area contributed by atoms with E-state index in [9.17, 15) is 0 Å². The average Bonchev–Trinajstić information content (AvgIpc) is 1.82. The molecule has 0 heterocycles. The Morgan fingerprint density at radius 3 is 2.10 bits per heavy atom. The lowest BCUT2D eigenvalue weighted by atomic mass is 10.4. The Bertz CT molecular complexity index is 169. The minimum absolute atomic E-state index is 0.0356. The SMILES string of the molecule is CN(C)C(=N)/C=C\C(=N)N. The number of rotatable bonds is 2. The summed E-state index contributed by atoms with van der Waals surface area (Å²) in [6, 6.07) is 0. The molecule has 0 radical (unpaired) electrons. The van der Waals surface area contributed by atoms with E-state index in [1.54, 1.807) is 19.0 Å². The number of hydrogen-bond acceptors (Lipinski definition) is 2. The molecule has 0 aliphatic rings. The zero-order chi connectivity index (χ0) is 8.15. The van der Waals surface area contributed by atoms with E-state index in [4.69, 9.17) is 16.6 Å². The van der Waals surface area contributed by atoms with Gasteiger partial charge in [0.05, 0.1) is 0 Å². The first kappa shape index (κ1) is 8.68. The third-order valence-electron chi connectivity index (χ3n) is 0.903. The summed E-state index contributed by atoms with van der Waals surface area (Å²) in [5, 5.41) is 14.0. The first-order chi connectivity index (χ1) is 4.54. The maximum Gasteiger partial charge on any atom is 0.120 e. The van der Waals surface area contributed by atoms with Crippen LogP contribution in [0.15, 0.2) is 12.2 Å². The van der Waals surface area contributed by atoms with Gasteiger partial charge in [-0.2, -0.15) is 0 Å². The van der Waals surface area contributed by atoms with Gasteiger partial charge in [0.15, 0.2) is 0 Å². The second-order valence-corrected chi connectivity index (χ2v) is 2.07. The van der Waals surface area contributed by atoms with Crippen LogP contribution in [0.1, 0.15) is 0 Å². The van der Waals surface area contributed by atoms with Gasteiger partial charge in [-0.25, -0.2) is 0 Å². The van der Waals surface area contributed by atoms with Crippen LogP contribution in [0, 0.1) is 10.8 Å². The molecule has 0 atom stereocenters. The quantitative estimate of drug-likeness (QED) is 0.373. The molecule has 0 saturated carbocycles. The van der Waals surface area contributed by atoms with Crippen molar-refractivity contribution >= 4 is 11.7 Å². The molecule has 10 heavy (non-hydrogen) atoms. The normalized spacial score (nSPS) is 9.80. The zero-order valence-corrected chi connectivity index (χ0v) is 6.18. The minimum atomic E-state index is -0.0356. The van der Waals surface area contributed by atoms with Crippen LogP contribution in [0.4, 0.5) is 0 Å². The van der Waals surface area contributed by atoms with E-state index in [2.05, 4.69) is 0 Å². The van der Waals surface area contributed by atoms with Crippen LogP contribution in [0.25, 0.3) is 0 Å². The second-order valence-electron chi connectivity index (χ2n) is 2.07. The molecule has 4 heteroatoms. The highest BCUT2D eigenvalue weighted by atomic mass is 15.1. The summed E-state index contributed by atoms with van der Waals surface area (Å²) >= 11 is 0. The van der Waals surface area contributed by atoms with Gasteiger partial charge < -0.3 is 10.6 Å². The summed E-state index contributed by atoms with van der Waals surface area (Å²) in [6.45, 7) is 0. The van der Waals surface area contributed by atoms with Gasteiger partial charge in [0.2, 0.25) is 0 Å². The zero-order valence-electron chi connectivity index (χ0n) is 6.18. The van der Waals surface area contributed by atoms with Crippen molar-refractivity contribution in [3.63, 3.8) is 0 Å². The van der Waals surface area contributed by atoms with Crippen LogP contribution in [-0.4, -0.2) is 30.7 Å². The van der Waals surface area contributed by atoms with E-state index >= 15 is 0 Å². The van der Waals surface area contributed by atoms with Crippen molar-refractivity contribution in [2.75, 3.05) is 14.1 Å². The van der Waals surface area contributed by atoms with Gasteiger partial charge in [0, 0.05) is 14.1 Å². The van der Waals surface area contributed by atoms with Gasteiger partial charge in [-0.3, -0.25) is 10.8 Å². The third-order valence-corrected chi connectivity index (χ3v) is 0.903. The molecule has 4 N–H and O–H groups in total. The van der Waals surface area contributed by atoms with Crippen LogP contribution >= 0.6 is 0 Å². The van der Waals surface area contributed by atoms with Crippen molar-refractivity contribution < 1.29 is 0 Å². The largest absolute Gasteiger partial charge is 0.384 e. The smallest absolute Gasteiger partial charge is 0.120 e. The molecule has 0 aromatic carbocycles. The first-order valence-corrected chi connectivity index (χ1v) is 2.82. The van der Waals surface area contributed by atoms with Gasteiger partial charge in [-0.05, 0) is 12.2 Å². The van der Waals surface area contributed by atoms with Gasteiger partial charge in [0.25, 0.3) is 0 Å². The molecule has 0 spiro atoms. The van der Waals surface area contributed by atoms with E-state index in [-0.39, 0.29) is 5.84 Å². The molecule has 0 bridgehead atoms. The van der Waals surface area contributed by atoms with Crippen molar-refractivity contribution in [2.45, 2.75) is 0 Å². The summed E-state index contributed by atoms with van der Waals surface area (Å²) in [7, 11) is 3.51. The van der Waals surface area contributed by atoms with Gasteiger partial charge >= 0.3 is 0 Å². The Kier molecular flexibility index (Phi) is 3.17. The predicted octanol–water partition coefficient (Wildman–Crippen LogP) is 0.0174. The molecular weight excluding hydrogens is 128 g/mol. The summed E-state index contributed by atoms with van der Waals surface area (Å²) in [5.41, 5.74) is 5.02. The Balaban J connectivity index is 3.90. The maximum atomic E-state index is 7.22. The monoisotopic (exact) mass is 140 g/mol. The number of likely N-dealkylation sites (N-methyl/N-ethyl adjacent to an activating group) is 1. The highest BCUT2D eigenvalue weighted by Crippen LogP contribution is 1.81. The summed E-state index contributed by atoms with van der Waals surface area (Å²) < 4.78 is 0. The van der Waals surface area contributed by atoms with Crippen LogP contribution in [0.3, 0.4) is 0 Å². The van der Waals surface area contributed by atoms with Crippen LogP contribution in [-0.2, 0) is 0 Å². The molecule has 0 rings (SSSR count). The van der Waals surface area contributed by atoms with Gasteiger partial charge in [-0.15, -0.1) is 0 Å². The summed E-state index contributed by atoms with van der Waals surface area (Å²) in [4.78, 5) is 1.62. The summed E-state index contributed by atoms with van der Waals surface area (Å²) in [5.74, 6) is 0.293. The van der Waals surface area contributed by atoms with Crippen LogP contribution < -0.4 is 5.73 Å².